The first-order valence-electron chi connectivity index (χ1n) is 9.47. The molecule has 1 saturated heterocycles. The molecule has 0 unspecified atom stereocenters. The van der Waals surface area contributed by atoms with Crippen LogP contribution in [0.1, 0.15) is 36.3 Å². The van der Waals surface area contributed by atoms with Crippen molar-refractivity contribution in [1.29, 1.82) is 0 Å². The first-order chi connectivity index (χ1) is 13.0. The van der Waals surface area contributed by atoms with E-state index in [9.17, 15) is 4.79 Å². The minimum atomic E-state index is -0.724. The molecule has 2 N–H and O–H groups in total. The highest BCUT2D eigenvalue weighted by atomic mass is 16.4. The van der Waals surface area contributed by atoms with E-state index in [2.05, 4.69) is 26.3 Å². The topological polar surface area (TPSA) is 91.2 Å². The van der Waals surface area contributed by atoms with Crippen molar-refractivity contribution in [2.45, 2.75) is 39.5 Å². The molecule has 0 aromatic carbocycles. The summed E-state index contributed by atoms with van der Waals surface area (Å²) in [5.74, 6) is 1.20. The van der Waals surface area contributed by atoms with Gasteiger partial charge in [-0.25, -0.2) is 15.0 Å². The summed E-state index contributed by atoms with van der Waals surface area (Å²) in [5.41, 5.74) is 2.92. The normalized spacial score (nSPS) is 15.6. The second kappa shape index (κ2) is 8.90. The molecular formula is C20H27N5O2. The van der Waals surface area contributed by atoms with Crippen molar-refractivity contribution >= 4 is 17.7 Å². The number of carboxylic acid groups (broad SMARTS) is 1. The molecule has 0 atom stereocenters. The summed E-state index contributed by atoms with van der Waals surface area (Å²) in [4.78, 5) is 26.5. The van der Waals surface area contributed by atoms with E-state index in [1.807, 2.05) is 32.0 Å². The Morgan fingerprint density at radius 2 is 1.89 bits per heavy atom. The van der Waals surface area contributed by atoms with Crippen molar-refractivity contribution in [3.63, 3.8) is 0 Å². The van der Waals surface area contributed by atoms with Gasteiger partial charge in [0.25, 0.3) is 0 Å². The van der Waals surface area contributed by atoms with Crippen molar-refractivity contribution in [1.82, 2.24) is 19.9 Å². The molecule has 0 spiro atoms. The standard InChI is InChI=1S/C20H27N5O2/c1-14-12-15(2)22-20(21-14)24-18-5-3-4-17(23-18)13-16-6-9-25(10-7-16)11-8-19(26)27/h3-5,12,16H,6-11,13H2,1-2H3,(H,26,27)(H,21,22,23,24). The lowest BCUT2D eigenvalue weighted by Crippen LogP contribution is -2.35. The molecule has 0 radical (unpaired) electrons. The molecule has 1 aliphatic rings. The van der Waals surface area contributed by atoms with E-state index in [-0.39, 0.29) is 6.42 Å². The highest BCUT2D eigenvalue weighted by Gasteiger charge is 2.20. The average molecular weight is 369 g/mol. The van der Waals surface area contributed by atoms with Crippen LogP contribution in [-0.2, 0) is 11.2 Å². The van der Waals surface area contributed by atoms with E-state index < -0.39 is 5.97 Å². The number of piperidine rings is 1. The van der Waals surface area contributed by atoms with Crippen LogP contribution in [0.3, 0.4) is 0 Å². The number of nitrogens with one attached hydrogen (secondary N) is 1. The van der Waals surface area contributed by atoms with Crippen molar-refractivity contribution in [2.24, 2.45) is 5.92 Å². The molecule has 0 saturated carbocycles. The predicted molar refractivity (Wildman–Crippen MR) is 104 cm³/mol. The Hall–Kier alpha value is -2.54. The van der Waals surface area contributed by atoms with Gasteiger partial charge in [0.05, 0.1) is 6.42 Å². The molecule has 3 rings (SSSR count). The first-order valence-corrected chi connectivity index (χ1v) is 9.47. The number of rotatable bonds is 7. The zero-order chi connectivity index (χ0) is 19.2. The molecule has 0 bridgehead atoms. The number of carboxylic acids is 1. The maximum atomic E-state index is 10.7. The van der Waals surface area contributed by atoms with Gasteiger partial charge in [-0.15, -0.1) is 0 Å². The van der Waals surface area contributed by atoms with Gasteiger partial charge in [-0.1, -0.05) is 6.07 Å². The van der Waals surface area contributed by atoms with E-state index >= 15 is 0 Å². The summed E-state index contributed by atoms with van der Waals surface area (Å²) >= 11 is 0. The summed E-state index contributed by atoms with van der Waals surface area (Å²) in [6.07, 6.45) is 3.33. The van der Waals surface area contributed by atoms with Crippen molar-refractivity contribution < 1.29 is 9.90 Å². The molecule has 7 nitrogen and oxygen atoms in total. The molecule has 2 aromatic heterocycles. The number of aryl methyl sites for hydroxylation is 2. The van der Waals surface area contributed by atoms with Gasteiger partial charge >= 0.3 is 5.97 Å². The lowest BCUT2D eigenvalue weighted by Gasteiger charge is -2.31. The van der Waals surface area contributed by atoms with Gasteiger partial charge in [0.2, 0.25) is 5.95 Å². The SMILES string of the molecule is Cc1cc(C)nc(Nc2cccc(CC3CCN(CCC(=O)O)CC3)n2)n1. The molecule has 7 heteroatoms. The Labute approximate surface area is 159 Å². The number of aliphatic carboxylic acids is 1. The van der Waals surface area contributed by atoms with Crippen LogP contribution >= 0.6 is 0 Å². The second-order valence-electron chi connectivity index (χ2n) is 7.25. The summed E-state index contributed by atoms with van der Waals surface area (Å²) < 4.78 is 0. The number of likely N-dealkylation sites (tertiary alicyclic amines) is 1. The Balaban J connectivity index is 1.54. The molecule has 144 valence electrons. The van der Waals surface area contributed by atoms with Crippen LogP contribution in [0.25, 0.3) is 0 Å². The number of nitrogens with zero attached hydrogens (tertiary/aromatic N) is 4. The Bertz CT molecular complexity index is 767. The van der Waals surface area contributed by atoms with E-state index in [1.54, 1.807) is 0 Å². The maximum absolute atomic E-state index is 10.7. The smallest absolute Gasteiger partial charge is 0.304 e. The van der Waals surface area contributed by atoms with Crippen LogP contribution in [0.15, 0.2) is 24.3 Å². The average Bonchev–Trinajstić information content (AvgIpc) is 2.60. The highest BCUT2D eigenvalue weighted by Crippen LogP contribution is 2.22. The minimum Gasteiger partial charge on any atom is -0.481 e. The summed E-state index contributed by atoms with van der Waals surface area (Å²) in [7, 11) is 0. The number of carbonyl (C=O) groups is 1. The quantitative estimate of drug-likeness (QED) is 0.775. The van der Waals surface area contributed by atoms with Crippen LogP contribution < -0.4 is 5.32 Å². The lowest BCUT2D eigenvalue weighted by atomic mass is 9.92. The van der Waals surface area contributed by atoms with Crippen LogP contribution in [0, 0.1) is 19.8 Å². The number of hydrogen-bond acceptors (Lipinski definition) is 6. The summed E-state index contributed by atoms with van der Waals surface area (Å²) in [5, 5.41) is 12.0. The van der Waals surface area contributed by atoms with Gasteiger partial charge in [-0.05, 0) is 70.3 Å². The molecule has 0 aliphatic carbocycles. The fraction of sp³-hybridized carbons (Fsp3) is 0.500. The monoisotopic (exact) mass is 369 g/mol. The third-order valence-electron chi connectivity index (χ3n) is 4.88. The Morgan fingerprint density at radius 1 is 1.19 bits per heavy atom. The number of aromatic nitrogens is 3. The third-order valence-corrected chi connectivity index (χ3v) is 4.88. The number of hydrogen-bond donors (Lipinski definition) is 2. The van der Waals surface area contributed by atoms with E-state index in [0.717, 1.165) is 55.3 Å². The zero-order valence-electron chi connectivity index (χ0n) is 16.0. The Morgan fingerprint density at radius 3 is 2.56 bits per heavy atom. The van der Waals surface area contributed by atoms with Gasteiger partial charge in [0.1, 0.15) is 5.82 Å². The fourth-order valence-corrected chi connectivity index (χ4v) is 3.52. The van der Waals surface area contributed by atoms with Gasteiger partial charge in [0, 0.05) is 23.6 Å². The summed E-state index contributed by atoms with van der Waals surface area (Å²) in [6.45, 7) is 6.48. The Kier molecular flexibility index (Phi) is 6.34. The molecule has 1 fully saturated rings. The van der Waals surface area contributed by atoms with E-state index in [0.29, 0.717) is 18.4 Å². The molecular weight excluding hydrogens is 342 g/mol. The molecule has 2 aromatic rings. The zero-order valence-corrected chi connectivity index (χ0v) is 16.0. The van der Waals surface area contributed by atoms with E-state index in [1.165, 1.54) is 0 Å². The van der Waals surface area contributed by atoms with Crippen molar-refractivity contribution in [2.75, 3.05) is 25.0 Å². The second-order valence-corrected chi connectivity index (χ2v) is 7.25. The predicted octanol–water partition coefficient (Wildman–Crippen LogP) is 2.96. The molecule has 27 heavy (non-hydrogen) atoms. The van der Waals surface area contributed by atoms with Crippen LogP contribution in [0.5, 0.6) is 0 Å². The first kappa shape index (κ1) is 19.2. The number of pyridine rings is 1. The minimum absolute atomic E-state index is 0.223. The van der Waals surface area contributed by atoms with Crippen LogP contribution in [0.4, 0.5) is 11.8 Å². The molecule has 0 amide bonds. The fourth-order valence-electron chi connectivity index (χ4n) is 3.52. The lowest BCUT2D eigenvalue weighted by molar-refractivity contribution is -0.137. The van der Waals surface area contributed by atoms with E-state index in [4.69, 9.17) is 10.1 Å². The molecule has 1 aliphatic heterocycles. The highest BCUT2D eigenvalue weighted by molar-refractivity contribution is 5.66. The van der Waals surface area contributed by atoms with Gasteiger partial charge in [-0.2, -0.15) is 0 Å². The largest absolute Gasteiger partial charge is 0.481 e. The van der Waals surface area contributed by atoms with Crippen molar-refractivity contribution in [3.05, 3.63) is 41.3 Å². The van der Waals surface area contributed by atoms with Crippen LogP contribution in [0.2, 0.25) is 0 Å². The van der Waals surface area contributed by atoms with Gasteiger partial charge in [0.15, 0.2) is 0 Å². The van der Waals surface area contributed by atoms with Gasteiger partial charge in [-0.3, -0.25) is 4.79 Å². The molecule has 3 heterocycles. The number of anilines is 2. The van der Waals surface area contributed by atoms with Crippen molar-refractivity contribution in [3.8, 4) is 0 Å². The summed E-state index contributed by atoms with van der Waals surface area (Å²) in [6, 6.07) is 7.94. The van der Waals surface area contributed by atoms with Crippen LogP contribution in [-0.4, -0.2) is 50.6 Å². The maximum Gasteiger partial charge on any atom is 0.304 e. The van der Waals surface area contributed by atoms with Gasteiger partial charge < -0.3 is 15.3 Å². The third kappa shape index (κ3) is 5.99.